The summed E-state index contributed by atoms with van der Waals surface area (Å²) in [7, 11) is 0. The largest absolute Gasteiger partial charge is 0.367 e. The van der Waals surface area contributed by atoms with E-state index in [1.54, 1.807) is 0 Å². The van der Waals surface area contributed by atoms with Crippen molar-refractivity contribution in [1.82, 2.24) is 4.90 Å². The molecular weight excluding hydrogens is 250 g/mol. The van der Waals surface area contributed by atoms with Crippen molar-refractivity contribution in [2.45, 2.75) is 84.2 Å². The summed E-state index contributed by atoms with van der Waals surface area (Å²) in [6.07, 6.45) is 13.6. The third kappa shape index (κ3) is 7.88. The van der Waals surface area contributed by atoms with Crippen LogP contribution in [0.15, 0.2) is 0 Å². The molecule has 1 aliphatic heterocycles. The van der Waals surface area contributed by atoms with E-state index in [9.17, 15) is 4.79 Å². The van der Waals surface area contributed by atoms with Gasteiger partial charge in [0.15, 0.2) is 0 Å². The van der Waals surface area contributed by atoms with Crippen molar-refractivity contribution >= 4 is 5.91 Å². The molecule has 0 aromatic heterocycles. The van der Waals surface area contributed by atoms with Crippen LogP contribution in [-0.2, 0) is 9.53 Å². The van der Waals surface area contributed by atoms with Gasteiger partial charge in [-0.3, -0.25) is 4.79 Å². The molecule has 118 valence electrons. The van der Waals surface area contributed by atoms with Crippen LogP contribution < -0.4 is 0 Å². The molecule has 0 aromatic carbocycles. The van der Waals surface area contributed by atoms with E-state index >= 15 is 0 Å². The minimum atomic E-state index is 0.166. The van der Waals surface area contributed by atoms with Gasteiger partial charge in [-0.05, 0) is 13.3 Å². The first kappa shape index (κ1) is 17.5. The van der Waals surface area contributed by atoms with Crippen molar-refractivity contribution in [3.05, 3.63) is 0 Å². The molecule has 0 spiro atoms. The zero-order valence-corrected chi connectivity index (χ0v) is 13.5. The lowest BCUT2D eigenvalue weighted by molar-refractivity contribution is -0.147. The monoisotopic (exact) mass is 283 g/mol. The van der Waals surface area contributed by atoms with Crippen LogP contribution in [0, 0.1) is 0 Å². The molecule has 3 heteroatoms. The molecule has 1 amide bonds. The molecule has 1 saturated heterocycles. The third-order valence-electron chi connectivity index (χ3n) is 4.10. The Balaban J connectivity index is 1.88. The first-order valence-corrected chi connectivity index (χ1v) is 8.63. The van der Waals surface area contributed by atoms with E-state index in [2.05, 4.69) is 6.92 Å². The highest BCUT2D eigenvalue weighted by molar-refractivity contribution is 5.78. The van der Waals surface area contributed by atoms with Crippen molar-refractivity contribution in [2.24, 2.45) is 0 Å². The average molecular weight is 283 g/mol. The topological polar surface area (TPSA) is 29.5 Å². The first-order valence-electron chi connectivity index (χ1n) is 8.63. The minimum Gasteiger partial charge on any atom is -0.367 e. The molecule has 0 unspecified atom stereocenters. The summed E-state index contributed by atoms with van der Waals surface area (Å²) in [5.41, 5.74) is 0. The number of nitrogens with zero attached hydrogens (tertiary/aromatic N) is 1. The van der Waals surface area contributed by atoms with Crippen molar-refractivity contribution in [2.75, 3.05) is 19.7 Å². The van der Waals surface area contributed by atoms with E-state index in [1.807, 2.05) is 11.8 Å². The zero-order valence-electron chi connectivity index (χ0n) is 13.5. The quantitative estimate of drug-likeness (QED) is 0.533. The minimum absolute atomic E-state index is 0.166. The fourth-order valence-corrected chi connectivity index (χ4v) is 2.78. The van der Waals surface area contributed by atoms with Gasteiger partial charge in [-0.1, -0.05) is 64.7 Å². The van der Waals surface area contributed by atoms with E-state index in [0.29, 0.717) is 0 Å². The standard InChI is InChI=1S/C17H33NO2/c1-3-4-5-6-7-8-9-10-11-12-13-18-14-16(2)20-15-17(18)19/h16H,3-15H2,1-2H3/t16-/m1/s1. The van der Waals surface area contributed by atoms with Gasteiger partial charge in [-0.25, -0.2) is 0 Å². The summed E-state index contributed by atoms with van der Waals surface area (Å²) in [5, 5.41) is 0. The molecule has 0 saturated carbocycles. The van der Waals surface area contributed by atoms with Crippen molar-refractivity contribution in [1.29, 1.82) is 0 Å². The van der Waals surface area contributed by atoms with Crippen molar-refractivity contribution in [3.63, 3.8) is 0 Å². The maximum atomic E-state index is 11.6. The van der Waals surface area contributed by atoms with Gasteiger partial charge in [0.05, 0.1) is 6.10 Å². The Bertz CT molecular complexity index is 255. The second kappa shape index (κ2) is 11.1. The Morgan fingerprint density at radius 2 is 1.55 bits per heavy atom. The highest BCUT2D eigenvalue weighted by atomic mass is 16.5. The fourth-order valence-electron chi connectivity index (χ4n) is 2.78. The number of unbranched alkanes of at least 4 members (excludes halogenated alkanes) is 9. The average Bonchev–Trinajstić information content (AvgIpc) is 2.44. The predicted octanol–water partition coefficient (Wildman–Crippen LogP) is 4.15. The van der Waals surface area contributed by atoms with Crippen LogP contribution in [0.1, 0.15) is 78.1 Å². The molecule has 0 radical (unpaired) electrons. The maximum Gasteiger partial charge on any atom is 0.248 e. The van der Waals surface area contributed by atoms with Gasteiger partial charge in [0, 0.05) is 13.1 Å². The van der Waals surface area contributed by atoms with Crippen LogP contribution >= 0.6 is 0 Å². The molecule has 3 nitrogen and oxygen atoms in total. The van der Waals surface area contributed by atoms with Gasteiger partial charge in [-0.15, -0.1) is 0 Å². The van der Waals surface area contributed by atoms with Gasteiger partial charge in [0.25, 0.3) is 0 Å². The highest BCUT2D eigenvalue weighted by Gasteiger charge is 2.22. The number of carbonyl (C=O) groups excluding carboxylic acids is 1. The Morgan fingerprint density at radius 3 is 2.15 bits per heavy atom. The Morgan fingerprint density at radius 1 is 1.00 bits per heavy atom. The second-order valence-corrected chi connectivity index (χ2v) is 6.14. The summed E-state index contributed by atoms with van der Waals surface area (Å²) in [4.78, 5) is 13.6. The highest BCUT2D eigenvalue weighted by Crippen LogP contribution is 2.12. The summed E-state index contributed by atoms with van der Waals surface area (Å²) in [5.74, 6) is 0.166. The van der Waals surface area contributed by atoms with Crippen molar-refractivity contribution < 1.29 is 9.53 Å². The van der Waals surface area contributed by atoms with Crippen LogP contribution in [0.4, 0.5) is 0 Å². The van der Waals surface area contributed by atoms with E-state index in [-0.39, 0.29) is 18.6 Å². The smallest absolute Gasteiger partial charge is 0.248 e. The van der Waals surface area contributed by atoms with Gasteiger partial charge in [0.2, 0.25) is 5.91 Å². The lowest BCUT2D eigenvalue weighted by Gasteiger charge is -2.31. The molecule has 1 atom stereocenters. The van der Waals surface area contributed by atoms with Gasteiger partial charge in [0.1, 0.15) is 6.61 Å². The van der Waals surface area contributed by atoms with Crippen LogP contribution in [-0.4, -0.2) is 36.6 Å². The number of hydrogen-bond donors (Lipinski definition) is 0. The second-order valence-electron chi connectivity index (χ2n) is 6.14. The SMILES string of the molecule is CCCCCCCCCCCCN1C[C@@H](C)OCC1=O. The van der Waals surface area contributed by atoms with E-state index in [1.165, 1.54) is 57.8 Å². The molecule has 0 N–H and O–H groups in total. The van der Waals surface area contributed by atoms with Gasteiger partial charge in [-0.2, -0.15) is 0 Å². The number of amides is 1. The molecule has 0 aromatic rings. The maximum absolute atomic E-state index is 11.6. The number of rotatable bonds is 11. The van der Waals surface area contributed by atoms with Crippen LogP contribution in [0.2, 0.25) is 0 Å². The Labute approximate surface area is 125 Å². The van der Waals surface area contributed by atoms with Crippen LogP contribution in [0.3, 0.4) is 0 Å². The van der Waals surface area contributed by atoms with Gasteiger partial charge < -0.3 is 9.64 Å². The summed E-state index contributed by atoms with van der Waals surface area (Å²) >= 11 is 0. The zero-order chi connectivity index (χ0) is 14.6. The molecule has 1 heterocycles. The lowest BCUT2D eigenvalue weighted by Crippen LogP contribution is -2.45. The molecule has 1 rings (SSSR count). The molecule has 1 fully saturated rings. The predicted molar refractivity (Wildman–Crippen MR) is 83.8 cm³/mol. The Kier molecular flexibility index (Phi) is 9.73. The summed E-state index contributed by atoms with van der Waals surface area (Å²) in [6.45, 7) is 6.27. The summed E-state index contributed by atoms with van der Waals surface area (Å²) < 4.78 is 5.33. The first-order chi connectivity index (χ1) is 9.74. The number of hydrogen-bond acceptors (Lipinski definition) is 2. The molecule has 20 heavy (non-hydrogen) atoms. The molecule has 0 aliphatic carbocycles. The van der Waals surface area contributed by atoms with Crippen LogP contribution in [0.5, 0.6) is 0 Å². The summed E-state index contributed by atoms with van der Waals surface area (Å²) in [6, 6.07) is 0. The number of carbonyl (C=O) groups is 1. The normalized spacial score (nSPS) is 19.6. The van der Waals surface area contributed by atoms with Crippen LogP contribution in [0.25, 0.3) is 0 Å². The van der Waals surface area contributed by atoms with E-state index in [4.69, 9.17) is 4.74 Å². The lowest BCUT2D eigenvalue weighted by atomic mass is 10.1. The van der Waals surface area contributed by atoms with E-state index in [0.717, 1.165) is 19.5 Å². The third-order valence-corrected chi connectivity index (χ3v) is 4.10. The molecule has 1 aliphatic rings. The van der Waals surface area contributed by atoms with Crippen molar-refractivity contribution in [3.8, 4) is 0 Å². The van der Waals surface area contributed by atoms with Gasteiger partial charge >= 0.3 is 0 Å². The molecular formula is C17H33NO2. The molecule has 0 bridgehead atoms. The Hall–Kier alpha value is -0.570. The number of ether oxygens (including phenoxy) is 1. The van der Waals surface area contributed by atoms with E-state index < -0.39 is 0 Å². The number of morpholine rings is 1. The fraction of sp³-hybridized carbons (Fsp3) is 0.941.